The van der Waals surface area contributed by atoms with Gasteiger partial charge < -0.3 is 24.4 Å². The summed E-state index contributed by atoms with van der Waals surface area (Å²) >= 11 is 0. The van der Waals surface area contributed by atoms with Crippen molar-refractivity contribution in [3.63, 3.8) is 0 Å². The molecule has 1 aliphatic rings. The van der Waals surface area contributed by atoms with Crippen molar-refractivity contribution in [3.8, 4) is 0 Å². The molecule has 0 aliphatic carbocycles. The maximum absolute atomic E-state index is 12.6. The smallest absolute Gasteiger partial charge is 0.351 e. The van der Waals surface area contributed by atoms with Crippen molar-refractivity contribution in [1.82, 2.24) is 9.55 Å². The fourth-order valence-corrected chi connectivity index (χ4v) is 5.60. The molecule has 2 rings (SSSR count). The van der Waals surface area contributed by atoms with Gasteiger partial charge in [0.1, 0.15) is 24.1 Å². The number of aliphatic hydroxyl groups is 1. The van der Waals surface area contributed by atoms with Crippen molar-refractivity contribution in [2.45, 2.75) is 102 Å². The van der Waals surface area contributed by atoms with E-state index in [-0.39, 0.29) is 22.5 Å². The second-order valence-corrected chi connectivity index (χ2v) is 21.0. The number of hydrogen-bond acceptors (Lipinski definition) is 7. The van der Waals surface area contributed by atoms with E-state index >= 15 is 0 Å². The zero-order valence-electron chi connectivity index (χ0n) is 20.7. The largest absolute Gasteiger partial charge is 0.408 e. The topological polar surface area (TPSA) is 109 Å². The molecule has 1 aliphatic heterocycles. The van der Waals surface area contributed by atoms with Crippen molar-refractivity contribution < 1.29 is 18.7 Å². The van der Waals surface area contributed by atoms with Gasteiger partial charge in [-0.15, -0.1) is 0 Å². The van der Waals surface area contributed by atoms with Crippen LogP contribution < -0.4 is 11.4 Å². The lowest BCUT2D eigenvalue weighted by molar-refractivity contribution is -0.0528. The van der Waals surface area contributed by atoms with Crippen LogP contribution in [0.5, 0.6) is 0 Å². The summed E-state index contributed by atoms with van der Waals surface area (Å²) in [6.45, 7) is 21.4. The van der Waals surface area contributed by atoms with Crippen LogP contribution in [-0.2, 0) is 13.6 Å². The van der Waals surface area contributed by atoms with Crippen molar-refractivity contribution >= 4 is 22.5 Å². The van der Waals surface area contributed by atoms with Gasteiger partial charge in [0.2, 0.25) is 0 Å². The normalized spacial score (nSPS) is 25.8. The minimum absolute atomic E-state index is 0.0355. The molecular formula is C21H41N3O5Si2. The summed E-state index contributed by atoms with van der Waals surface area (Å²) in [6, 6.07) is 1.56. The summed E-state index contributed by atoms with van der Waals surface area (Å²) < 4.78 is 21.1. The lowest BCUT2D eigenvalue weighted by Gasteiger charge is -2.44. The van der Waals surface area contributed by atoms with Gasteiger partial charge in [0.05, 0.1) is 6.61 Å². The van der Waals surface area contributed by atoms with E-state index in [4.69, 9.17) is 19.3 Å². The van der Waals surface area contributed by atoms with E-state index in [1.165, 1.54) is 4.57 Å². The third-order valence-electron chi connectivity index (χ3n) is 7.06. The van der Waals surface area contributed by atoms with E-state index < -0.39 is 46.9 Å². The number of nitrogens with two attached hydrogens (primary N) is 1. The molecule has 31 heavy (non-hydrogen) atoms. The molecule has 3 N–H and O–H groups in total. The van der Waals surface area contributed by atoms with Crippen LogP contribution in [-0.4, -0.2) is 56.2 Å². The Balaban J connectivity index is 2.56. The zero-order chi connectivity index (χ0) is 24.0. The molecule has 10 heteroatoms. The average Bonchev–Trinajstić information content (AvgIpc) is 2.89. The molecule has 2 heterocycles. The van der Waals surface area contributed by atoms with Crippen LogP contribution in [0.1, 0.15) is 47.8 Å². The highest BCUT2D eigenvalue weighted by atomic mass is 28.4. The number of anilines is 1. The third-order valence-corrected chi connectivity index (χ3v) is 16.0. The van der Waals surface area contributed by atoms with E-state index in [0.29, 0.717) is 0 Å². The highest BCUT2D eigenvalue weighted by Gasteiger charge is 2.54. The molecule has 1 fully saturated rings. The molecule has 4 atom stereocenters. The Morgan fingerprint density at radius 2 is 1.55 bits per heavy atom. The molecule has 0 unspecified atom stereocenters. The van der Waals surface area contributed by atoms with E-state index in [2.05, 4.69) is 72.7 Å². The van der Waals surface area contributed by atoms with Gasteiger partial charge in [0.15, 0.2) is 22.9 Å². The number of rotatable bonds is 6. The Labute approximate surface area is 188 Å². The summed E-state index contributed by atoms with van der Waals surface area (Å²) in [5, 5.41) is 10.0. The summed E-state index contributed by atoms with van der Waals surface area (Å²) in [5.74, 6) is 0.147. The highest BCUT2D eigenvalue weighted by Crippen LogP contribution is 2.45. The van der Waals surface area contributed by atoms with E-state index in [9.17, 15) is 9.90 Å². The summed E-state index contributed by atoms with van der Waals surface area (Å²) in [7, 11) is -4.49. The molecule has 1 saturated heterocycles. The maximum Gasteiger partial charge on any atom is 0.351 e. The second kappa shape index (κ2) is 8.71. The molecule has 1 aromatic rings. The molecule has 0 spiro atoms. The highest BCUT2D eigenvalue weighted by molar-refractivity contribution is 6.74. The minimum Gasteiger partial charge on any atom is -0.408 e. The van der Waals surface area contributed by atoms with Gasteiger partial charge in [0, 0.05) is 6.20 Å². The van der Waals surface area contributed by atoms with Crippen molar-refractivity contribution in [3.05, 3.63) is 22.7 Å². The Morgan fingerprint density at radius 1 is 1.06 bits per heavy atom. The first-order chi connectivity index (χ1) is 13.9. The fourth-order valence-electron chi connectivity index (χ4n) is 3.00. The number of hydrogen-bond donors (Lipinski definition) is 2. The second-order valence-electron chi connectivity index (χ2n) is 11.5. The van der Waals surface area contributed by atoms with Crippen molar-refractivity contribution in [2.24, 2.45) is 0 Å². The van der Waals surface area contributed by atoms with Gasteiger partial charge in [-0.2, -0.15) is 4.98 Å². The van der Waals surface area contributed by atoms with Crippen LogP contribution in [0.3, 0.4) is 0 Å². The summed E-state index contributed by atoms with van der Waals surface area (Å²) in [5.41, 5.74) is 5.17. The van der Waals surface area contributed by atoms with Gasteiger partial charge in [-0.1, -0.05) is 41.5 Å². The number of aliphatic hydroxyl groups excluding tert-OH is 1. The lowest BCUT2D eigenvalue weighted by atomic mass is 10.1. The maximum atomic E-state index is 12.6. The van der Waals surface area contributed by atoms with E-state index in [0.717, 1.165) is 0 Å². The Hall–Kier alpha value is -1.05. The van der Waals surface area contributed by atoms with Crippen LogP contribution in [0.2, 0.25) is 36.3 Å². The molecule has 0 bridgehead atoms. The van der Waals surface area contributed by atoms with Crippen LogP contribution in [0, 0.1) is 0 Å². The SMILES string of the molecule is CC(C)(C)[Si](C)(C)O[C@@H]1[C@H](O[Si](C)(C)C(C)(C)C)[C@@H](CO)O[C@H]1n1ccc(N)nc1=O. The predicted octanol–water partition coefficient (Wildman–Crippen LogP) is 3.50. The molecule has 0 aromatic carbocycles. The Morgan fingerprint density at radius 3 is 1.97 bits per heavy atom. The van der Waals surface area contributed by atoms with Crippen LogP contribution >= 0.6 is 0 Å². The number of nitrogens with zero attached hydrogens (tertiary/aromatic N) is 2. The molecular weight excluding hydrogens is 430 g/mol. The molecule has 8 nitrogen and oxygen atoms in total. The van der Waals surface area contributed by atoms with Gasteiger partial charge in [-0.25, -0.2) is 4.79 Å². The molecule has 178 valence electrons. The first kappa shape index (κ1) is 26.2. The quantitative estimate of drug-likeness (QED) is 0.611. The Kier molecular flexibility index (Phi) is 7.37. The van der Waals surface area contributed by atoms with E-state index in [1.807, 2.05) is 0 Å². The van der Waals surface area contributed by atoms with Gasteiger partial charge >= 0.3 is 5.69 Å². The monoisotopic (exact) mass is 471 g/mol. The van der Waals surface area contributed by atoms with Crippen LogP contribution in [0.25, 0.3) is 0 Å². The molecule has 1 aromatic heterocycles. The van der Waals surface area contributed by atoms with Crippen LogP contribution in [0.4, 0.5) is 5.82 Å². The predicted molar refractivity (Wildman–Crippen MR) is 128 cm³/mol. The minimum atomic E-state index is -2.26. The zero-order valence-corrected chi connectivity index (χ0v) is 22.7. The molecule has 0 amide bonds. The third kappa shape index (κ3) is 5.48. The Bertz CT molecular complexity index is 830. The summed E-state index contributed by atoms with van der Waals surface area (Å²) in [4.78, 5) is 16.5. The van der Waals surface area contributed by atoms with Gasteiger partial charge in [-0.3, -0.25) is 4.57 Å². The molecule has 0 radical (unpaired) electrons. The van der Waals surface area contributed by atoms with Crippen molar-refractivity contribution in [1.29, 1.82) is 0 Å². The summed E-state index contributed by atoms with van der Waals surface area (Å²) in [6.07, 6.45) is -0.870. The standard InChI is InChI=1S/C21H41N3O5Si2/c1-20(2,3)30(7,8)28-16-14(13-25)27-18(24-12-11-15(22)23-19(24)26)17(16)29-31(9,10)21(4,5)6/h11-12,14,16-18,25H,13H2,1-10H3,(H2,22,23,26)/t14-,16-,17-,18-/m1/s1. The lowest BCUT2D eigenvalue weighted by Crippen LogP contribution is -2.54. The van der Waals surface area contributed by atoms with Crippen LogP contribution in [0.15, 0.2) is 17.1 Å². The fraction of sp³-hybridized carbons (Fsp3) is 0.810. The number of nitrogen functional groups attached to an aromatic ring is 1. The van der Waals surface area contributed by atoms with Gasteiger partial charge in [-0.05, 0) is 42.3 Å². The number of aromatic nitrogens is 2. The molecule has 0 saturated carbocycles. The van der Waals surface area contributed by atoms with Crippen molar-refractivity contribution in [2.75, 3.05) is 12.3 Å². The van der Waals surface area contributed by atoms with E-state index in [1.54, 1.807) is 12.3 Å². The first-order valence-corrected chi connectivity index (χ1v) is 16.7. The number of ether oxygens (including phenoxy) is 1. The van der Waals surface area contributed by atoms with Gasteiger partial charge in [0.25, 0.3) is 0 Å². The average molecular weight is 472 g/mol. The first-order valence-electron chi connectivity index (χ1n) is 10.9.